The van der Waals surface area contributed by atoms with Crippen LogP contribution in [0.15, 0.2) is 60.0 Å². The molecule has 0 radical (unpaired) electrons. The van der Waals surface area contributed by atoms with E-state index in [1.807, 2.05) is 78.7 Å². The SMILES string of the molecule is CCC(C)N(CC(=O)N(CCc1ccc(OC)c(OC)c1)Cc1cccs1)C(=O)Nc1ccc(C(C)C)cc1. The Balaban J connectivity index is 1.74. The van der Waals surface area contributed by atoms with Gasteiger partial charge in [0.05, 0.1) is 20.8 Å². The lowest BCUT2D eigenvalue weighted by atomic mass is 10.0. The summed E-state index contributed by atoms with van der Waals surface area (Å²) in [5.74, 6) is 1.65. The predicted molar refractivity (Wildman–Crippen MR) is 159 cm³/mol. The van der Waals surface area contributed by atoms with Crippen molar-refractivity contribution < 1.29 is 19.1 Å². The molecule has 1 unspecified atom stereocenters. The van der Waals surface area contributed by atoms with Crippen LogP contribution in [0.3, 0.4) is 0 Å². The first kappa shape index (κ1) is 30.0. The van der Waals surface area contributed by atoms with Crippen LogP contribution in [0.2, 0.25) is 0 Å². The zero-order valence-corrected chi connectivity index (χ0v) is 24.7. The second-order valence-electron chi connectivity index (χ2n) is 9.93. The third kappa shape index (κ3) is 8.48. The summed E-state index contributed by atoms with van der Waals surface area (Å²) in [5.41, 5.74) is 2.97. The number of thiophene rings is 1. The van der Waals surface area contributed by atoms with Gasteiger partial charge in [-0.3, -0.25) is 4.79 Å². The molecule has 3 aromatic rings. The summed E-state index contributed by atoms with van der Waals surface area (Å²) < 4.78 is 10.8. The van der Waals surface area contributed by atoms with Crippen molar-refractivity contribution >= 4 is 29.0 Å². The van der Waals surface area contributed by atoms with Gasteiger partial charge in [-0.05, 0) is 72.5 Å². The van der Waals surface area contributed by atoms with Gasteiger partial charge in [-0.1, -0.05) is 45.0 Å². The number of urea groups is 1. The van der Waals surface area contributed by atoms with Crippen LogP contribution in [-0.2, 0) is 17.8 Å². The number of benzene rings is 2. The highest BCUT2D eigenvalue weighted by Crippen LogP contribution is 2.28. The number of carbonyl (C=O) groups excluding carboxylic acids is 2. The van der Waals surface area contributed by atoms with Crippen LogP contribution >= 0.6 is 11.3 Å². The molecule has 1 heterocycles. The molecule has 0 aliphatic carbocycles. The summed E-state index contributed by atoms with van der Waals surface area (Å²) in [7, 11) is 3.22. The zero-order valence-electron chi connectivity index (χ0n) is 23.9. The molecule has 1 aromatic heterocycles. The van der Waals surface area contributed by atoms with Crippen LogP contribution in [0, 0.1) is 0 Å². The standard InChI is InChI=1S/C31H41N3O4S/c1-7-23(4)34(31(36)32-26-13-11-25(12-14-26)22(2)3)21-30(35)33(20-27-9-8-18-39-27)17-16-24-10-15-28(37-5)29(19-24)38-6/h8-15,18-19,22-23H,7,16-17,20-21H2,1-6H3,(H,32,36). The number of hydrogen-bond donors (Lipinski definition) is 1. The number of nitrogens with zero attached hydrogens (tertiary/aromatic N) is 2. The molecule has 3 amide bonds. The van der Waals surface area contributed by atoms with E-state index < -0.39 is 0 Å². The second kappa shape index (κ2) is 14.6. The first-order valence-corrected chi connectivity index (χ1v) is 14.3. The number of methoxy groups -OCH3 is 2. The summed E-state index contributed by atoms with van der Waals surface area (Å²) in [4.78, 5) is 31.6. The van der Waals surface area contributed by atoms with E-state index in [9.17, 15) is 9.59 Å². The lowest BCUT2D eigenvalue weighted by Gasteiger charge is -2.31. The first-order valence-electron chi connectivity index (χ1n) is 13.4. The summed E-state index contributed by atoms with van der Waals surface area (Å²) in [6.45, 7) is 9.28. The number of ether oxygens (including phenoxy) is 2. The zero-order chi connectivity index (χ0) is 28.4. The van der Waals surface area contributed by atoms with Crippen molar-refractivity contribution in [2.24, 2.45) is 0 Å². The van der Waals surface area contributed by atoms with Crippen LogP contribution in [0.5, 0.6) is 11.5 Å². The van der Waals surface area contributed by atoms with E-state index in [-0.39, 0.29) is 24.5 Å². The molecule has 0 saturated carbocycles. The quantitative estimate of drug-likeness (QED) is 0.254. The third-order valence-corrected chi connectivity index (χ3v) is 7.78. The molecule has 39 heavy (non-hydrogen) atoms. The Hall–Kier alpha value is -3.52. The largest absolute Gasteiger partial charge is 0.493 e. The fraction of sp³-hybridized carbons (Fsp3) is 0.419. The van der Waals surface area contributed by atoms with E-state index in [0.717, 1.165) is 16.9 Å². The Morgan fingerprint density at radius 3 is 2.28 bits per heavy atom. The molecule has 210 valence electrons. The molecule has 3 rings (SSSR count). The van der Waals surface area contributed by atoms with Crippen LogP contribution in [0.4, 0.5) is 10.5 Å². The number of anilines is 1. The highest BCUT2D eigenvalue weighted by atomic mass is 32.1. The Kier molecular flexibility index (Phi) is 11.2. The van der Waals surface area contributed by atoms with Gasteiger partial charge in [-0.25, -0.2) is 4.79 Å². The second-order valence-corrected chi connectivity index (χ2v) is 11.0. The molecule has 0 spiro atoms. The van der Waals surface area contributed by atoms with Gasteiger partial charge in [-0.2, -0.15) is 0 Å². The van der Waals surface area contributed by atoms with Gasteiger partial charge in [0.25, 0.3) is 0 Å². The number of rotatable bonds is 13. The van der Waals surface area contributed by atoms with Crippen molar-refractivity contribution in [1.82, 2.24) is 9.80 Å². The van der Waals surface area contributed by atoms with E-state index in [0.29, 0.717) is 42.6 Å². The van der Waals surface area contributed by atoms with Gasteiger partial charge in [0.15, 0.2) is 11.5 Å². The minimum atomic E-state index is -0.272. The maximum atomic E-state index is 13.7. The van der Waals surface area contributed by atoms with Crippen molar-refractivity contribution in [3.63, 3.8) is 0 Å². The van der Waals surface area contributed by atoms with Crippen molar-refractivity contribution in [2.75, 3.05) is 32.6 Å². The van der Waals surface area contributed by atoms with Gasteiger partial charge in [0.1, 0.15) is 6.54 Å². The lowest BCUT2D eigenvalue weighted by Crippen LogP contribution is -2.48. The van der Waals surface area contributed by atoms with Crippen molar-refractivity contribution in [3.05, 3.63) is 76.0 Å². The van der Waals surface area contributed by atoms with E-state index >= 15 is 0 Å². The third-order valence-electron chi connectivity index (χ3n) is 6.92. The van der Waals surface area contributed by atoms with Crippen LogP contribution in [0.1, 0.15) is 56.0 Å². The maximum absolute atomic E-state index is 13.7. The first-order chi connectivity index (χ1) is 18.7. The number of nitrogens with one attached hydrogen (secondary N) is 1. The minimum Gasteiger partial charge on any atom is -0.493 e. The molecule has 0 aliphatic rings. The minimum absolute atomic E-state index is 0.00221. The smallest absolute Gasteiger partial charge is 0.322 e. The maximum Gasteiger partial charge on any atom is 0.322 e. The summed E-state index contributed by atoms with van der Waals surface area (Å²) in [6.07, 6.45) is 1.39. The van der Waals surface area contributed by atoms with Gasteiger partial charge < -0.3 is 24.6 Å². The Bertz CT molecular complexity index is 1200. The molecule has 0 bridgehead atoms. The lowest BCUT2D eigenvalue weighted by molar-refractivity contribution is -0.132. The van der Waals surface area contributed by atoms with Crippen LogP contribution < -0.4 is 14.8 Å². The molecule has 1 atom stereocenters. The predicted octanol–water partition coefficient (Wildman–Crippen LogP) is 6.79. The van der Waals surface area contributed by atoms with Crippen molar-refractivity contribution in [3.8, 4) is 11.5 Å². The average molecular weight is 552 g/mol. The fourth-order valence-electron chi connectivity index (χ4n) is 4.22. The molecular weight excluding hydrogens is 510 g/mol. The normalized spacial score (nSPS) is 11.7. The van der Waals surface area contributed by atoms with Gasteiger partial charge in [-0.15, -0.1) is 11.3 Å². The van der Waals surface area contributed by atoms with E-state index in [1.165, 1.54) is 5.56 Å². The highest BCUT2D eigenvalue weighted by molar-refractivity contribution is 7.09. The van der Waals surface area contributed by atoms with E-state index in [2.05, 4.69) is 19.2 Å². The van der Waals surface area contributed by atoms with Gasteiger partial charge >= 0.3 is 6.03 Å². The van der Waals surface area contributed by atoms with E-state index in [1.54, 1.807) is 30.5 Å². The van der Waals surface area contributed by atoms with Crippen molar-refractivity contribution in [2.45, 2.75) is 59.0 Å². The summed E-state index contributed by atoms with van der Waals surface area (Å²) >= 11 is 1.62. The number of hydrogen-bond acceptors (Lipinski definition) is 5. The van der Waals surface area contributed by atoms with E-state index in [4.69, 9.17) is 9.47 Å². The number of amides is 3. The van der Waals surface area contributed by atoms with Gasteiger partial charge in [0.2, 0.25) is 5.91 Å². The van der Waals surface area contributed by atoms with Crippen LogP contribution in [-0.4, -0.2) is 55.1 Å². The Morgan fingerprint density at radius 1 is 0.974 bits per heavy atom. The fourth-order valence-corrected chi connectivity index (χ4v) is 4.94. The van der Waals surface area contributed by atoms with Gasteiger partial charge in [0, 0.05) is 23.2 Å². The Morgan fingerprint density at radius 2 is 1.69 bits per heavy atom. The molecule has 8 heteroatoms. The monoisotopic (exact) mass is 551 g/mol. The molecule has 2 aromatic carbocycles. The topological polar surface area (TPSA) is 71.1 Å². The number of carbonyl (C=O) groups is 2. The molecule has 0 saturated heterocycles. The Labute approximate surface area is 236 Å². The molecule has 0 aliphatic heterocycles. The molecular formula is C31H41N3O4S. The molecule has 7 nitrogen and oxygen atoms in total. The molecule has 1 N–H and O–H groups in total. The van der Waals surface area contributed by atoms with Crippen molar-refractivity contribution in [1.29, 1.82) is 0 Å². The molecule has 0 fully saturated rings. The highest BCUT2D eigenvalue weighted by Gasteiger charge is 2.25. The summed E-state index contributed by atoms with van der Waals surface area (Å²) in [5, 5.41) is 5.00. The van der Waals surface area contributed by atoms with Crippen LogP contribution in [0.25, 0.3) is 0 Å². The average Bonchev–Trinajstić information content (AvgIpc) is 3.46. The summed E-state index contributed by atoms with van der Waals surface area (Å²) in [6, 6.07) is 17.3.